The number of nitrogens with two attached hydrogens (primary N) is 1. The summed E-state index contributed by atoms with van der Waals surface area (Å²) in [6, 6.07) is 15.8. The standard InChI is InChI=1S/C23H27ClN2O/c1-15(2)21(27)23(26-16(3)25,22(4)11-12-22)19-9-5-7-17(13-19)18-8-6-10-20(24)14-18/h5-10,13-15H,11-12H2,1-4H3,(H2,25,26). The van der Waals surface area contributed by atoms with Gasteiger partial charge in [-0.25, -0.2) is 0 Å². The van der Waals surface area contributed by atoms with Crippen LogP contribution >= 0.6 is 11.6 Å². The quantitative estimate of drug-likeness (QED) is 0.521. The maximum Gasteiger partial charge on any atom is 0.168 e. The average molecular weight is 383 g/mol. The zero-order chi connectivity index (χ0) is 19.8. The molecule has 0 heterocycles. The van der Waals surface area contributed by atoms with E-state index in [2.05, 4.69) is 13.0 Å². The maximum atomic E-state index is 13.5. The zero-order valence-electron chi connectivity index (χ0n) is 16.4. The molecule has 1 aliphatic rings. The minimum Gasteiger partial charge on any atom is -0.388 e. The lowest BCUT2D eigenvalue weighted by atomic mass is 9.70. The molecule has 2 aromatic carbocycles. The molecule has 2 aromatic rings. The van der Waals surface area contributed by atoms with Gasteiger partial charge in [0.25, 0.3) is 0 Å². The average Bonchev–Trinajstić information content (AvgIpc) is 3.38. The molecule has 27 heavy (non-hydrogen) atoms. The summed E-state index contributed by atoms with van der Waals surface area (Å²) in [5.74, 6) is 0.418. The Bertz CT molecular complexity index is 895. The van der Waals surface area contributed by atoms with Crippen LogP contribution in [0, 0.1) is 11.3 Å². The molecule has 1 fully saturated rings. The first-order chi connectivity index (χ1) is 12.7. The van der Waals surface area contributed by atoms with Crippen LogP contribution in [-0.4, -0.2) is 11.6 Å². The van der Waals surface area contributed by atoms with Gasteiger partial charge in [0.15, 0.2) is 11.3 Å². The van der Waals surface area contributed by atoms with Crippen molar-refractivity contribution in [1.82, 2.24) is 0 Å². The van der Waals surface area contributed by atoms with Crippen LogP contribution in [0.25, 0.3) is 11.1 Å². The summed E-state index contributed by atoms with van der Waals surface area (Å²) in [5, 5.41) is 0.687. The van der Waals surface area contributed by atoms with E-state index >= 15 is 0 Å². The van der Waals surface area contributed by atoms with Crippen molar-refractivity contribution in [2.24, 2.45) is 22.1 Å². The SMILES string of the molecule is CC(N)=NC(C(=O)C(C)C)(c1cccc(-c2cccc(Cl)c2)c1)C1(C)CC1. The number of hydrogen-bond acceptors (Lipinski definition) is 2. The number of benzene rings is 2. The second kappa shape index (κ2) is 7.12. The van der Waals surface area contributed by atoms with E-state index in [1.807, 2.05) is 56.3 Å². The van der Waals surface area contributed by atoms with Gasteiger partial charge in [-0.15, -0.1) is 0 Å². The van der Waals surface area contributed by atoms with E-state index in [1.165, 1.54) is 0 Å². The van der Waals surface area contributed by atoms with Crippen LogP contribution in [-0.2, 0) is 10.3 Å². The first-order valence-electron chi connectivity index (χ1n) is 9.42. The second-order valence-corrected chi connectivity index (χ2v) is 8.57. The minimum absolute atomic E-state index is 0.121. The molecule has 0 aliphatic heterocycles. The predicted molar refractivity (Wildman–Crippen MR) is 113 cm³/mol. The highest BCUT2D eigenvalue weighted by Crippen LogP contribution is 2.61. The molecule has 0 spiro atoms. The van der Waals surface area contributed by atoms with Gasteiger partial charge in [0, 0.05) is 16.4 Å². The lowest BCUT2D eigenvalue weighted by Gasteiger charge is -2.37. The molecule has 0 aromatic heterocycles. The van der Waals surface area contributed by atoms with Crippen molar-refractivity contribution in [2.75, 3.05) is 0 Å². The molecular weight excluding hydrogens is 356 g/mol. The van der Waals surface area contributed by atoms with Gasteiger partial charge in [-0.1, -0.05) is 62.7 Å². The number of carbonyl (C=O) groups is 1. The van der Waals surface area contributed by atoms with E-state index < -0.39 is 5.54 Å². The summed E-state index contributed by atoms with van der Waals surface area (Å²) in [7, 11) is 0. The number of ketones is 1. The van der Waals surface area contributed by atoms with E-state index in [0.717, 1.165) is 29.5 Å². The molecule has 0 bridgehead atoms. The summed E-state index contributed by atoms with van der Waals surface area (Å²) >= 11 is 6.18. The van der Waals surface area contributed by atoms with Crippen LogP contribution in [0.2, 0.25) is 5.02 Å². The third-order valence-corrected chi connectivity index (χ3v) is 5.77. The van der Waals surface area contributed by atoms with Crippen LogP contribution in [0.1, 0.15) is 46.1 Å². The smallest absolute Gasteiger partial charge is 0.168 e. The highest BCUT2D eigenvalue weighted by Gasteiger charge is 2.61. The van der Waals surface area contributed by atoms with Gasteiger partial charge in [-0.05, 0) is 54.7 Å². The van der Waals surface area contributed by atoms with Gasteiger partial charge < -0.3 is 5.73 Å². The molecule has 0 amide bonds. The molecule has 1 saturated carbocycles. The largest absolute Gasteiger partial charge is 0.388 e. The minimum atomic E-state index is -0.950. The summed E-state index contributed by atoms with van der Waals surface area (Å²) in [5.41, 5.74) is 7.81. The van der Waals surface area contributed by atoms with Crippen molar-refractivity contribution in [3.8, 4) is 11.1 Å². The molecule has 4 heteroatoms. The highest BCUT2D eigenvalue weighted by atomic mass is 35.5. The molecule has 3 nitrogen and oxygen atoms in total. The summed E-state index contributed by atoms with van der Waals surface area (Å²) in [6.07, 6.45) is 1.92. The molecule has 2 N–H and O–H groups in total. The maximum absolute atomic E-state index is 13.5. The Labute approximate surface area is 166 Å². The van der Waals surface area contributed by atoms with Gasteiger partial charge in [0.05, 0.1) is 5.84 Å². The fourth-order valence-corrected chi connectivity index (χ4v) is 4.06. The number of Topliss-reactive ketones (excluding diaryl/α,β-unsaturated/α-hetero) is 1. The third-order valence-electron chi connectivity index (χ3n) is 5.54. The molecule has 3 rings (SSSR count). The van der Waals surface area contributed by atoms with Gasteiger partial charge in [0.1, 0.15) is 0 Å². The molecular formula is C23H27ClN2O. The van der Waals surface area contributed by atoms with Crippen LogP contribution < -0.4 is 5.73 Å². The first kappa shape index (κ1) is 19.6. The molecule has 0 radical (unpaired) electrons. The normalized spacial score (nSPS) is 18.2. The van der Waals surface area contributed by atoms with Crippen molar-refractivity contribution in [3.05, 3.63) is 59.1 Å². The fourth-order valence-electron chi connectivity index (χ4n) is 3.87. The lowest BCUT2D eigenvalue weighted by molar-refractivity contribution is -0.129. The molecule has 1 aliphatic carbocycles. The Morgan fingerprint density at radius 2 is 1.74 bits per heavy atom. The van der Waals surface area contributed by atoms with Crippen molar-refractivity contribution < 1.29 is 4.79 Å². The van der Waals surface area contributed by atoms with Gasteiger partial charge >= 0.3 is 0 Å². The Hall–Kier alpha value is -2.13. The number of carbonyl (C=O) groups excluding carboxylic acids is 1. The molecule has 142 valence electrons. The summed E-state index contributed by atoms with van der Waals surface area (Å²) in [6.45, 7) is 7.77. The zero-order valence-corrected chi connectivity index (χ0v) is 17.2. The van der Waals surface area contributed by atoms with E-state index in [9.17, 15) is 4.79 Å². The second-order valence-electron chi connectivity index (χ2n) is 8.13. The topological polar surface area (TPSA) is 55.4 Å². The van der Waals surface area contributed by atoms with Gasteiger partial charge in [0.2, 0.25) is 0 Å². The van der Waals surface area contributed by atoms with E-state index in [0.29, 0.717) is 10.9 Å². The number of nitrogens with zero attached hydrogens (tertiary/aromatic N) is 1. The van der Waals surface area contributed by atoms with Crippen LogP contribution in [0.15, 0.2) is 53.5 Å². The number of hydrogen-bond donors (Lipinski definition) is 1. The van der Waals surface area contributed by atoms with Crippen LogP contribution in [0.3, 0.4) is 0 Å². The van der Waals surface area contributed by atoms with E-state index in [4.69, 9.17) is 22.3 Å². The van der Waals surface area contributed by atoms with Gasteiger partial charge in [-0.3, -0.25) is 9.79 Å². The van der Waals surface area contributed by atoms with Gasteiger partial charge in [-0.2, -0.15) is 0 Å². The first-order valence-corrected chi connectivity index (χ1v) is 9.80. The fraction of sp³-hybridized carbons (Fsp3) is 0.391. The van der Waals surface area contributed by atoms with E-state index in [-0.39, 0.29) is 17.1 Å². The highest BCUT2D eigenvalue weighted by molar-refractivity contribution is 6.30. The Morgan fingerprint density at radius 3 is 2.26 bits per heavy atom. The lowest BCUT2D eigenvalue weighted by Crippen LogP contribution is -2.45. The Morgan fingerprint density at radius 1 is 1.15 bits per heavy atom. The number of aliphatic imine (C=N–C) groups is 1. The van der Waals surface area contributed by atoms with Crippen molar-refractivity contribution in [3.63, 3.8) is 0 Å². The van der Waals surface area contributed by atoms with E-state index in [1.54, 1.807) is 6.92 Å². The predicted octanol–water partition coefficient (Wildman–Crippen LogP) is 5.60. The Kier molecular flexibility index (Phi) is 5.18. The van der Waals surface area contributed by atoms with Crippen molar-refractivity contribution in [1.29, 1.82) is 0 Å². The third kappa shape index (κ3) is 3.53. The number of amidine groups is 1. The Balaban J connectivity index is 2.23. The monoisotopic (exact) mass is 382 g/mol. The molecule has 0 saturated heterocycles. The van der Waals surface area contributed by atoms with Crippen molar-refractivity contribution >= 4 is 23.2 Å². The molecule has 1 atom stereocenters. The number of halogens is 1. The summed E-state index contributed by atoms with van der Waals surface area (Å²) < 4.78 is 0. The summed E-state index contributed by atoms with van der Waals surface area (Å²) in [4.78, 5) is 18.3. The van der Waals surface area contributed by atoms with Crippen molar-refractivity contribution in [2.45, 2.75) is 46.1 Å². The number of rotatable bonds is 6. The van der Waals surface area contributed by atoms with Crippen LogP contribution in [0.5, 0.6) is 0 Å². The van der Waals surface area contributed by atoms with Crippen LogP contribution in [0.4, 0.5) is 0 Å². The molecule has 1 unspecified atom stereocenters.